The van der Waals surface area contributed by atoms with Gasteiger partial charge in [0.25, 0.3) is 0 Å². The van der Waals surface area contributed by atoms with Gasteiger partial charge in [0.1, 0.15) is 0 Å². The van der Waals surface area contributed by atoms with Crippen LogP contribution in [0.15, 0.2) is 0 Å². The van der Waals surface area contributed by atoms with Crippen molar-refractivity contribution in [1.29, 1.82) is 0 Å². The Morgan fingerprint density at radius 3 is 2.55 bits per heavy atom. The molecule has 11 heavy (non-hydrogen) atoms. The maximum atomic E-state index is 10.9. The molecule has 3 N–H and O–H groups in total. The summed E-state index contributed by atoms with van der Waals surface area (Å²) in [4.78, 5) is 21.4. The van der Waals surface area contributed by atoms with Gasteiger partial charge in [-0.15, -0.1) is 0 Å². The van der Waals surface area contributed by atoms with Gasteiger partial charge in [-0.3, -0.25) is 14.9 Å². The van der Waals surface area contributed by atoms with Crippen LogP contribution in [0.2, 0.25) is 0 Å². The number of nitrogens with one attached hydrogen (secondary N) is 1. The van der Waals surface area contributed by atoms with Crippen molar-refractivity contribution in [2.45, 2.75) is 25.3 Å². The monoisotopic (exact) mass is 222 g/mol. The van der Waals surface area contributed by atoms with Gasteiger partial charge in [0.15, 0.2) is 0 Å². The normalized spacial score (nSPS) is 30.7. The minimum atomic E-state index is -0.853. The van der Waals surface area contributed by atoms with Crippen LogP contribution in [0.5, 0.6) is 0 Å². The average molecular weight is 223 g/mol. The molecule has 1 saturated heterocycles. The van der Waals surface area contributed by atoms with Gasteiger partial charge in [-0.25, -0.2) is 0 Å². The maximum Gasteiger partial charge on any atom is 1.00 e. The van der Waals surface area contributed by atoms with E-state index in [2.05, 4.69) is 5.32 Å². The Kier molecular flexibility index (Phi) is 3.19. The third-order valence-electron chi connectivity index (χ3n) is 1.64. The second kappa shape index (κ2) is 3.32. The summed E-state index contributed by atoms with van der Waals surface area (Å²) < 4.78 is 0. The van der Waals surface area contributed by atoms with Gasteiger partial charge in [-0.1, -0.05) is 0 Å². The lowest BCUT2D eigenvalue weighted by molar-refractivity contribution is -0.137. The van der Waals surface area contributed by atoms with Gasteiger partial charge < -0.3 is 22.7 Å². The van der Waals surface area contributed by atoms with E-state index in [-0.39, 0.29) is 30.2 Å². The number of hydrogen-bond donors (Lipinski definition) is 2. The van der Waals surface area contributed by atoms with Crippen LogP contribution >= 0.6 is 0 Å². The zero-order valence-corrected chi connectivity index (χ0v) is 7.77. The zero-order valence-electron chi connectivity index (χ0n) is 7.19. The van der Waals surface area contributed by atoms with Gasteiger partial charge in [-0.2, -0.15) is 0 Å². The van der Waals surface area contributed by atoms with Crippen LogP contribution in [0, 0.1) is 0 Å². The van der Waals surface area contributed by atoms with Crippen molar-refractivity contribution in [3.8, 4) is 0 Å². The first-order valence-corrected chi connectivity index (χ1v) is 3.15. The van der Waals surface area contributed by atoms with Crippen molar-refractivity contribution < 1.29 is 28.0 Å². The molecule has 0 saturated carbocycles. The second-order valence-corrected chi connectivity index (χ2v) is 2.79. The number of hydrogen-bond acceptors (Lipinski definition) is 3. The molecule has 0 aromatic heterocycles. The fourth-order valence-corrected chi connectivity index (χ4v) is 0.819. The molecule has 2 amide bonds. The van der Waals surface area contributed by atoms with E-state index in [0.29, 0.717) is 12.8 Å². The molecule has 1 aliphatic heterocycles. The molecule has 4 nitrogen and oxygen atoms in total. The molecule has 1 aliphatic rings. The zero-order chi connectivity index (χ0) is 7.78. The smallest absolute Gasteiger partial charge is 1.00 e. The Bertz CT molecular complexity index is 196. The first kappa shape index (κ1) is 10.6. The summed E-state index contributed by atoms with van der Waals surface area (Å²) in [5.74, 6) is -0.600. The number of piperidine rings is 1. The maximum absolute atomic E-state index is 10.9. The van der Waals surface area contributed by atoms with Crippen molar-refractivity contribution in [2.24, 2.45) is 5.73 Å². The van der Waals surface area contributed by atoms with E-state index in [1.807, 2.05) is 0 Å². The van der Waals surface area contributed by atoms with E-state index in [0.717, 1.165) is 0 Å². The van der Waals surface area contributed by atoms with Crippen molar-refractivity contribution in [1.82, 2.24) is 5.32 Å². The largest absolute Gasteiger partial charge is 1.00 e. The SMILES string of the molecule is C[C@]1(N)CCC(=O)NC1=O.[Br-].[H+]. The lowest BCUT2D eigenvalue weighted by atomic mass is 9.93. The molecule has 0 aromatic rings. The van der Waals surface area contributed by atoms with Gasteiger partial charge in [0.05, 0.1) is 5.54 Å². The highest BCUT2D eigenvalue weighted by atomic mass is 79.9. The number of imide groups is 1. The van der Waals surface area contributed by atoms with Gasteiger partial charge in [0.2, 0.25) is 11.8 Å². The summed E-state index contributed by atoms with van der Waals surface area (Å²) in [5.41, 5.74) is 4.67. The Morgan fingerprint density at radius 2 is 2.18 bits per heavy atom. The summed E-state index contributed by atoms with van der Waals surface area (Å²) in [7, 11) is 0. The fraction of sp³-hybridized carbons (Fsp3) is 0.667. The first-order chi connectivity index (χ1) is 4.52. The van der Waals surface area contributed by atoms with Crippen molar-refractivity contribution in [3.05, 3.63) is 0 Å². The number of amides is 2. The predicted octanol–water partition coefficient (Wildman–Crippen LogP) is -3.74. The van der Waals surface area contributed by atoms with Gasteiger partial charge >= 0.3 is 1.43 Å². The summed E-state index contributed by atoms with van der Waals surface area (Å²) in [5, 5.41) is 2.17. The molecular formula is C6H11BrN2O2. The highest BCUT2D eigenvalue weighted by molar-refractivity contribution is 6.02. The average Bonchev–Trinajstić information content (AvgIpc) is 1.81. The van der Waals surface area contributed by atoms with E-state index in [4.69, 9.17) is 5.73 Å². The molecule has 1 atom stereocenters. The second-order valence-electron chi connectivity index (χ2n) is 2.79. The highest BCUT2D eigenvalue weighted by Crippen LogP contribution is 2.12. The minimum absolute atomic E-state index is 0. The Labute approximate surface area is 76.8 Å². The molecule has 0 unspecified atom stereocenters. The number of halogens is 1. The summed E-state index contributed by atoms with van der Waals surface area (Å²) in [6.45, 7) is 1.62. The molecular weight excluding hydrogens is 212 g/mol. The Balaban J connectivity index is 0. The summed E-state index contributed by atoms with van der Waals surface area (Å²) >= 11 is 0. The summed E-state index contributed by atoms with van der Waals surface area (Å²) in [6, 6.07) is 0. The summed E-state index contributed by atoms with van der Waals surface area (Å²) in [6.07, 6.45) is 0.788. The molecule has 0 bridgehead atoms. The predicted molar refractivity (Wildman–Crippen MR) is 36.1 cm³/mol. The molecule has 0 radical (unpaired) electrons. The number of rotatable bonds is 0. The number of nitrogens with two attached hydrogens (primary N) is 1. The fourth-order valence-electron chi connectivity index (χ4n) is 0.819. The number of carbonyl (C=O) groups excluding carboxylic acids is 2. The molecule has 1 rings (SSSR count). The standard InChI is InChI=1S/C6H10N2O2.BrH/c1-6(7)3-2-4(9)8-5(6)10;/h2-3,7H2,1H3,(H,8,9,10);1H/t6-;/m0./s1. The molecule has 64 valence electrons. The Hall–Kier alpha value is -0.420. The molecule has 1 fully saturated rings. The van der Waals surface area contributed by atoms with Crippen LogP contribution in [-0.4, -0.2) is 17.4 Å². The van der Waals surface area contributed by atoms with E-state index < -0.39 is 5.54 Å². The molecule has 0 spiro atoms. The minimum Gasteiger partial charge on any atom is -1.00 e. The molecule has 5 heteroatoms. The molecule has 0 aromatic carbocycles. The van der Waals surface area contributed by atoms with Gasteiger partial charge in [-0.05, 0) is 13.3 Å². The van der Waals surface area contributed by atoms with Crippen molar-refractivity contribution >= 4 is 11.8 Å². The first-order valence-electron chi connectivity index (χ1n) is 3.15. The third-order valence-corrected chi connectivity index (χ3v) is 1.64. The van der Waals surface area contributed by atoms with Crippen LogP contribution in [-0.2, 0) is 9.59 Å². The quantitative estimate of drug-likeness (QED) is 0.414. The third kappa shape index (κ3) is 2.27. The topological polar surface area (TPSA) is 72.2 Å². The van der Waals surface area contributed by atoms with Crippen LogP contribution in [0.3, 0.4) is 0 Å². The molecule has 1 heterocycles. The highest BCUT2D eigenvalue weighted by Gasteiger charge is 2.34. The van der Waals surface area contributed by atoms with Crippen molar-refractivity contribution in [3.63, 3.8) is 0 Å². The van der Waals surface area contributed by atoms with Crippen LogP contribution in [0.4, 0.5) is 0 Å². The lowest BCUT2D eigenvalue weighted by Gasteiger charge is -2.26. The molecule has 0 aliphatic carbocycles. The van der Waals surface area contributed by atoms with E-state index in [1.54, 1.807) is 6.92 Å². The number of carbonyl (C=O) groups is 2. The Morgan fingerprint density at radius 1 is 1.64 bits per heavy atom. The van der Waals surface area contributed by atoms with Crippen molar-refractivity contribution in [2.75, 3.05) is 0 Å². The lowest BCUT2D eigenvalue weighted by Crippen LogP contribution is -3.00. The van der Waals surface area contributed by atoms with Gasteiger partial charge in [0, 0.05) is 6.42 Å². The van der Waals surface area contributed by atoms with E-state index >= 15 is 0 Å². The van der Waals surface area contributed by atoms with E-state index in [9.17, 15) is 9.59 Å². The van der Waals surface area contributed by atoms with E-state index in [1.165, 1.54) is 0 Å². The van der Waals surface area contributed by atoms with Crippen LogP contribution in [0.25, 0.3) is 0 Å². The van der Waals surface area contributed by atoms with Crippen LogP contribution < -0.4 is 28.0 Å². The van der Waals surface area contributed by atoms with Crippen LogP contribution in [0.1, 0.15) is 21.2 Å².